The van der Waals surface area contributed by atoms with Crippen LogP contribution in [0.15, 0.2) is 30.3 Å². The van der Waals surface area contributed by atoms with Crippen LogP contribution in [0.5, 0.6) is 0 Å². The van der Waals surface area contributed by atoms with Crippen molar-refractivity contribution in [3.8, 4) is 0 Å². The Balaban J connectivity index is 2.14. The quantitative estimate of drug-likeness (QED) is 0.839. The van der Waals surface area contributed by atoms with E-state index in [4.69, 9.17) is 18.0 Å². The Bertz CT molecular complexity index is 513. The van der Waals surface area contributed by atoms with E-state index in [0.717, 1.165) is 24.8 Å². The van der Waals surface area contributed by atoms with E-state index in [9.17, 15) is 4.79 Å². The van der Waals surface area contributed by atoms with Gasteiger partial charge in [0.05, 0.1) is 0 Å². The molecule has 1 aliphatic carbocycles. The lowest BCUT2D eigenvalue weighted by Crippen LogP contribution is -2.45. The van der Waals surface area contributed by atoms with Crippen molar-refractivity contribution >= 4 is 23.1 Å². The molecule has 21 heavy (non-hydrogen) atoms. The smallest absolute Gasteiger partial charge is 0.224 e. The van der Waals surface area contributed by atoms with Gasteiger partial charge >= 0.3 is 0 Å². The zero-order valence-corrected chi connectivity index (χ0v) is 13.6. The summed E-state index contributed by atoms with van der Waals surface area (Å²) in [6.07, 6.45) is 4.35. The highest BCUT2D eigenvalue weighted by atomic mass is 32.1. The maximum atomic E-state index is 12.7. The van der Waals surface area contributed by atoms with E-state index < -0.39 is 0 Å². The zero-order chi connectivity index (χ0) is 15.5. The number of nitrogens with two attached hydrogens (primary N) is 1. The van der Waals surface area contributed by atoms with Crippen LogP contribution in [0.4, 0.5) is 0 Å². The van der Waals surface area contributed by atoms with Gasteiger partial charge in [-0.2, -0.15) is 0 Å². The van der Waals surface area contributed by atoms with Crippen LogP contribution < -0.4 is 11.1 Å². The predicted molar refractivity (Wildman–Crippen MR) is 89.9 cm³/mol. The average molecular weight is 304 g/mol. The van der Waals surface area contributed by atoms with Gasteiger partial charge in [-0.15, -0.1) is 0 Å². The molecule has 0 heterocycles. The molecule has 0 radical (unpaired) electrons. The fourth-order valence-electron chi connectivity index (χ4n) is 3.19. The summed E-state index contributed by atoms with van der Waals surface area (Å²) in [5.41, 5.74) is 6.81. The average Bonchev–Trinajstić information content (AvgIpc) is 2.44. The minimum absolute atomic E-state index is 0.0341. The summed E-state index contributed by atoms with van der Waals surface area (Å²) in [7, 11) is 0. The molecule has 2 unspecified atom stereocenters. The molecular formula is C17H24N2OS. The maximum absolute atomic E-state index is 12.7. The van der Waals surface area contributed by atoms with Crippen LogP contribution in [-0.2, 0) is 4.79 Å². The number of benzene rings is 1. The zero-order valence-electron chi connectivity index (χ0n) is 12.8. The standard InChI is InChI=1S/C17H24N2OS/c1-17(2)11-7-6-10-13(17)16(20)19-14(15(18)21)12-8-4-3-5-9-12/h3-5,8-9,13-14H,6-7,10-11H2,1-2H3,(H2,18,21)(H,19,20). The summed E-state index contributed by atoms with van der Waals surface area (Å²) in [4.78, 5) is 13.0. The normalized spacial score (nSPS) is 22.3. The van der Waals surface area contributed by atoms with Gasteiger partial charge < -0.3 is 11.1 Å². The number of hydrogen-bond acceptors (Lipinski definition) is 2. The largest absolute Gasteiger partial charge is 0.391 e. The van der Waals surface area contributed by atoms with E-state index in [1.807, 2.05) is 30.3 Å². The summed E-state index contributed by atoms with van der Waals surface area (Å²) in [5.74, 6) is 0.105. The number of thiocarbonyl (C=S) groups is 1. The van der Waals surface area contributed by atoms with Gasteiger partial charge in [-0.1, -0.05) is 69.2 Å². The van der Waals surface area contributed by atoms with Gasteiger partial charge in [0.2, 0.25) is 5.91 Å². The molecule has 1 saturated carbocycles. The third-order valence-electron chi connectivity index (χ3n) is 4.53. The lowest BCUT2D eigenvalue weighted by molar-refractivity contribution is -0.130. The first-order valence-corrected chi connectivity index (χ1v) is 7.97. The van der Waals surface area contributed by atoms with Gasteiger partial charge in [0.25, 0.3) is 0 Å². The Morgan fingerprint density at radius 3 is 2.57 bits per heavy atom. The molecule has 1 aromatic rings. The third-order valence-corrected chi connectivity index (χ3v) is 4.76. The molecule has 1 aromatic carbocycles. The van der Waals surface area contributed by atoms with Crippen LogP contribution >= 0.6 is 12.2 Å². The fourth-order valence-corrected chi connectivity index (χ4v) is 3.38. The van der Waals surface area contributed by atoms with Gasteiger partial charge in [0.1, 0.15) is 11.0 Å². The van der Waals surface area contributed by atoms with Crippen LogP contribution in [0.25, 0.3) is 0 Å². The molecule has 0 bridgehead atoms. The second-order valence-electron chi connectivity index (χ2n) is 6.54. The molecule has 114 valence electrons. The van der Waals surface area contributed by atoms with E-state index in [-0.39, 0.29) is 23.3 Å². The minimum Gasteiger partial charge on any atom is -0.391 e. The topological polar surface area (TPSA) is 55.1 Å². The molecule has 2 atom stereocenters. The number of nitrogens with one attached hydrogen (secondary N) is 1. The minimum atomic E-state index is -0.383. The Hall–Kier alpha value is -1.42. The van der Waals surface area contributed by atoms with Crippen molar-refractivity contribution in [2.75, 3.05) is 0 Å². The lowest BCUT2D eigenvalue weighted by Gasteiger charge is -2.38. The van der Waals surface area contributed by atoms with Crippen molar-refractivity contribution in [3.05, 3.63) is 35.9 Å². The van der Waals surface area contributed by atoms with Crippen molar-refractivity contribution in [2.24, 2.45) is 17.1 Å². The number of amides is 1. The van der Waals surface area contributed by atoms with E-state index in [0.29, 0.717) is 4.99 Å². The summed E-state index contributed by atoms with van der Waals surface area (Å²) < 4.78 is 0. The van der Waals surface area contributed by atoms with Crippen LogP contribution in [0.3, 0.4) is 0 Å². The van der Waals surface area contributed by atoms with Crippen molar-refractivity contribution < 1.29 is 4.79 Å². The number of carbonyl (C=O) groups is 1. The van der Waals surface area contributed by atoms with Crippen LogP contribution in [0.1, 0.15) is 51.1 Å². The number of rotatable bonds is 4. The monoisotopic (exact) mass is 304 g/mol. The maximum Gasteiger partial charge on any atom is 0.224 e. The molecular weight excluding hydrogens is 280 g/mol. The first-order chi connectivity index (χ1) is 9.92. The first-order valence-electron chi connectivity index (χ1n) is 7.56. The van der Waals surface area contributed by atoms with Gasteiger partial charge in [0, 0.05) is 5.92 Å². The highest BCUT2D eigenvalue weighted by Crippen LogP contribution is 2.40. The molecule has 4 heteroatoms. The Labute approximate surface area is 132 Å². The Morgan fingerprint density at radius 2 is 2.00 bits per heavy atom. The third kappa shape index (κ3) is 3.82. The van der Waals surface area contributed by atoms with Gasteiger partial charge in [-0.05, 0) is 23.8 Å². The Kier molecular flexibility index (Phi) is 4.99. The van der Waals surface area contributed by atoms with Crippen molar-refractivity contribution in [3.63, 3.8) is 0 Å². The van der Waals surface area contributed by atoms with Crippen LogP contribution in [0.2, 0.25) is 0 Å². The van der Waals surface area contributed by atoms with Gasteiger partial charge in [-0.25, -0.2) is 0 Å². The fraction of sp³-hybridized carbons (Fsp3) is 0.529. The molecule has 1 amide bonds. The molecule has 1 aliphatic rings. The highest BCUT2D eigenvalue weighted by Gasteiger charge is 2.38. The lowest BCUT2D eigenvalue weighted by atomic mass is 9.68. The highest BCUT2D eigenvalue weighted by molar-refractivity contribution is 7.80. The number of hydrogen-bond donors (Lipinski definition) is 2. The van der Waals surface area contributed by atoms with Crippen LogP contribution in [0, 0.1) is 11.3 Å². The summed E-state index contributed by atoms with van der Waals surface area (Å²) in [5, 5.41) is 3.05. The molecule has 2 rings (SSSR count). The SMILES string of the molecule is CC1(C)CCCCC1C(=O)NC(C(N)=S)c1ccccc1. The van der Waals surface area contributed by atoms with Crippen molar-refractivity contribution in [1.82, 2.24) is 5.32 Å². The molecule has 0 spiro atoms. The van der Waals surface area contributed by atoms with Gasteiger partial charge in [0.15, 0.2) is 0 Å². The van der Waals surface area contributed by atoms with E-state index in [1.165, 1.54) is 6.42 Å². The summed E-state index contributed by atoms with van der Waals surface area (Å²) in [6.45, 7) is 4.35. The van der Waals surface area contributed by atoms with E-state index >= 15 is 0 Å². The summed E-state index contributed by atoms with van der Waals surface area (Å²) >= 11 is 5.14. The Morgan fingerprint density at radius 1 is 1.33 bits per heavy atom. The molecule has 3 N–H and O–H groups in total. The molecule has 3 nitrogen and oxygen atoms in total. The second kappa shape index (κ2) is 6.56. The van der Waals surface area contributed by atoms with Crippen molar-refractivity contribution in [1.29, 1.82) is 0 Å². The van der Waals surface area contributed by atoms with Crippen LogP contribution in [-0.4, -0.2) is 10.9 Å². The molecule has 0 aromatic heterocycles. The molecule has 0 saturated heterocycles. The molecule has 1 fully saturated rings. The number of carbonyl (C=O) groups excluding carboxylic acids is 1. The van der Waals surface area contributed by atoms with E-state index in [1.54, 1.807) is 0 Å². The molecule has 0 aliphatic heterocycles. The van der Waals surface area contributed by atoms with E-state index in [2.05, 4.69) is 19.2 Å². The second-order valence-corrected chi connectivity index (χ2v) is 7.01. The first kappa shape index (κ1) is 16.0. The van der Waals surface area contributed by atoms with Gasteiger partial charge in [-0.3, -0.25) is 4.79 Å². The predicted octanol–water partition coefficient (Wildman–Crippen LogP) is 3.35. The summed E-state index contributed by atoms with van der Waals surface area (Å²) in [6, 6.07) is 9.29. The van der Waals surface area contributed by atoms with Crippen molar-refractivity contribution in [2.45, 2.75) is 45.6 Å².